The Balaban J connectivity index is 2.93. The van der Waals surface area contributed by atoms with Gasteiger partial charge in [-0.05, 0) is 28.1 Å². The summed E-state index contributed by atoms with van der Waals surface area (Å²) in [4.78, 5) is 12.1. The summed E-state index contributed by atoms with van der Waals surface area (Å²) < 4.78 is 49.2. The molecule has 0 atom stereocenters. The van der Waals surface area contributed by atoms with Gasteiger partial charge in [0.05, 0.1) is 10.0 Å². The summed E-state index contributed by atoms with van der Waals surface area (Å²) in [5, 5.41) is 0. The number of hydrogen-bond donors (Lipinski definition) is 0. The molecule has 0 aliphatic carbocycles. The molecule has 1 aromatic carbocycles. The Morgan fingerprint density at radius 1 is 1.41 bits per heavy atom. The molecule has 0 aromatic heterocycles. The summed E-state index contributed by atoms with van der Waals surface area (Å²) in [6.45, 7) is -1.38. The topological polar surface area (TPSA) is 20.3 Å². The molecule has 2 nitrogen and oxygen atoms in total. The van der Waals surface area contributed by atoms with Crippen LogP contribution in [-0.2, 0) is 0 Å². The van der Waals surface area contributed by atoms with Crippen molar-refractivity contribution in [2.24, 2.45) is 0 Å². The highest BCUT2D eigenvalue weighted by molar-refractivity contribution is 9.10. The van der Waals surface area contributed by atoms with E-state index in [0.29, 0.717) is 4.90 Å². The smallest absolute Gasteiger partial charge is 0.333 e. The van der Waals surface area contributed by atoms with Crippen LogP contribution in [0.4, 0.5) is 17.6 Å². The molecule has 1 amide bonds. The molecule has 94 valence electrons. The summed E-state index contributed by atoms with van der Waals surface area (Å²) in [6, 6.07) is 3.61. The van der Waals surface area contributed by atoms with Crippen LogP contribution >= 0.6 is 15.9 Å². The lowest BCUT2D eigenvalue weighted by molar-refractivity contribution is -0.138. The van der Waals surface area contributed by atoms with Crippen LogP contribution in [0.5, 0.6) is 0 Å². The van der Waals surface area contributed by atoms with Crippen molar-refractivity contribution in [1.29, 1.82) is 0 Å². The summed E-state index contributed by atoms with van der Waals surface area (Å²) in [7, 11) is 1.01. The Hall–Kier alpha value is -1.11. The molecule has 0 heterocycles. The number of halogens is 5. The Morgan fingerprint density at radius 3 is 2.53 bits per heavy atom. The zero-order valence-electron chi connectivity index (χ0n) is 8.68. The summed E-state index contributed by atoms with van der Waals surface area (Å²) >= 11 is 2.82. The normalized spacial score (nSPS) is 11.4. The molecule has 0 bridgehead atoms. The molecule has 7 heteroatoms. The maximum absolute atomic E-state index is 13.1. The van der Waals surface area contributed by atoms with Gasteiger partial charge in [-0.3, -0.25) is 4.79 Å². The molecule has 0 saturated heterocycles. The molecule has 0 N–H and O–H groups in total. The van der Waals surface area contributed by atoms with Gasteiger partial charge < -0.3 is 4.90 Å². The van der Waals surface area contributed by atoms with E-state index in [1.807, 2.05) is 0 Å². The number of carbonyl (C=O) groups is 1. The van der Waals surface area contributed by atoms with Crippen LogP contribution in [0.2, 0.25) is 0 Å². The van der Waals surface area contributed by atoms with E-state index in [4.69, 9.17) is 0 Å². The van der Waals surface area contributed by atoms with Crippen molar-refractivity contribution in [3.05, 3.63) is 34.1 Å². The summed E-state index contributed by atoms with van der Waals surface area (Å²) in [5.41, 5.74) is -0.142. The molecule has 1 rings (SSSR count). The van der Waals surface area contributed by atoms with Crippen LogP contribution in [0.15, 0.2) is 22.7 Å². The standard InChI is InChI=1S/C10H8BrF4NO/c1-16(5-10(13,14)15)9(17)6-3-2-4-7(12)8(6)11/h2-4H,5H2,1H3. The highest BCUT2D eigenvalue weighted by atomic mass is 79.9. The van der Waals surface area contributed by atoms with Gasteiger partial charge in [0.2, 0.25) is 0 Å². The molecule has 0 saturated carbocycles. The van der Waals surface area contributed by atoms with E-state index < -0.39 is 24.4 Å². The maximum Gasteiger partial charge on any atom is 0.406 e. The van der Waals surface area contributed by atoms with E-state index in [1.54, 1.807) is 0 Å². The van der Waals surface area contributed by atoms with E-state index in [-0.39, 0.29) is 10.0 Å². The van der Waals surface area contributed by atoms with Crippen LogP contribution < -0.4 is 0 Å². The fourth-order valence-electron chi connectivity index (χ4n) is 1.22. The first kappa shape index (κ1) is 14.0. The molecular formula is C10H8BrF4NO. The van der Waals surface area contributed by atoms with Gasteiger partial charge in [-0.1, -0.05) is 6.07 Å². The third-order valence-corrected chi connectivity index (χ3v) is 2.75. The van der Waals surface area contributed by atoms with E-state index in [9.17, 15) is 22.4 Å². The van der Waals surface area contributed by atoms with Crippen molar-refractivity contribution in [3.8, 4) is 0 Å². The van der Waals surface area contributed by atoms with Crippen LogP contribution in [0.25, 0.3) is 0 Å². The first-order valence-corrected chi connectivity index (χ1v) is 5.28. The molecule has 1 aromatic rings. The minimum Gasteiger partial charge on any atom is -0.333 e. The minimum absolute atomic E-state index is 0.140. The van der Waals surface area contributed by atoms with Crippen molar-refractivity contribution in [2.75, 3.05) is 13.6 Å². The van der Waals surface area contributed by atoms with Crippen molar-refractivity contribution in [2.45, 2.75) is 6.18 Å². The van der Waals surface area contributed by atoms with E-state index >= 15 is 0 Å². The van der Waals surface area contributed by atoms with E-state index in [0.717, 1.165) is 13.1 Å². The van der Waals surface area contributed by atoms with Gasteiger partial charge in [0.1, 0.15) is 12.4 Å². The van der Waals surface area contributed by atoms with Crippen LogP contribution in [0, 0.1) is 5.82 Å². The zero-order valence-corrected chi connectivity index (χ0v) is 10.3. The fraction of sp³-hybridized carbons (Fsp3) is 0.300. The van der Waals surface area contributed by atoms with Gasteiger partial charge in [-0.2, -0.15) is 13.2 Å². The summed E-state index contributed by atoms with van der Waals surface area (Å²) in [5.74, 6) is -1.59. The van der Waals surface area contributed by atoms with Crippen molar-refractivity contribution in [3.63, 3.8) is 0 Å². The first-order chi connectivity index (χ1) is 7.72. The van der Waals surface area contributed by atoms with Gasteiger partial charge in [-0.15, -0.1) is 0 Å². The lowest BCUT2D eigenvalue weighted by atomic mass is 10.2. The highest BCUT2D eigenvalue weighted by Gasteiger charge is 2.32. The zero-order chi connectivity index (χ0) is 13.2. The van der Waals surface area contributed by atoms with E-state index in [1.165, 1.54) is 12.1 Å². The molecule has 17 heavy (non-hydrogen) atoms. The van der Waals surface area contributed by atoms with Gasteiger partial charge >= 0.3 is 6.18 Å². The Bertz CT molecular complexity index is 433. The number of carbonyl (C=O) groups excluding carboxylic acids is 1. The molecule has 0 spiro atoms. The number of alkyl halides is 3. The predicted octanol–water partition coefficient (Wildman–Crippen LogP) is 3.22. The van der Waals surface area contributed by atoms with E-state index in [2.05, 4.69) is 15.9 Å². The lowest BCUT2D eigenvalue weighted by Gasteiger charge is -2.19. The first-order valence-electron chi connectivity index (χ1n) is 4.48. The lowest BCUT2D eigenvalue weighted by Crippen LogP contribution is -2.36. The van der Waals surface area contributed by atoms with Crippen LogP contribution in [-0.4, -0.2) is 30.6 Å². The van der Waals surface area contributed by atoms with Crippen LogP contribution in [0.1, 0.15) is 10.4 Å². The van der Waals surface area contributed by atoms with Gasteiger partial charge in [-0.25, -0.2) is 4.39 Å². The maximum atomic E-state index is 13.1. The third-order valence-electron chi connectivity index (χ3n) is 1.95. The molecule has 0 aliphatic heterocycles. The predicted molar refractivity (Wildman–Crippen MR) is 57.1 cm³/mol. The van der Waals surface area contributed by atoms with Gasteiger partial charge in [0.25, 0.3) is 5.91 Å². The average Bonchev–Trinajstić information content (AvgIpc) is 2.18. The number of benzene rings is 1. The van der Waals surface area contributed by atoms with Gasteiger partial charge in [0, 0.05) is 7.05 Å². The monoisotopic (exact) mass is 313 g/mol. The van der Waals surface area contributed by atoms with Crippen molar-refractivity contribution in [1.82, 2.24) is 4.90 Å². The average molecular weight is 314 g/mol. The molecule has 0 aliphatic rings. The molecule has 0 radical (unpaired) electrons. The second-order valence-corrected chi connectivity index (χ2v) is 4.17. The number of amides is 1. The second kappa shape index (κ2) is 5.03. The number of nitrogens with zero attached hydrogens (tertiary/aromatic N) is 1. The number of hydrogen-bond acceptors (Lipinski definition) is 1. The largest absolute Gasteiger partial charge is 0.406 e. The molecular weight excluding hydrogens is 306 g/mol. The Kier molecular flexibility index (Phi) is 4.13. The minimum atomic E-state index is -4.48. The van der Waals surface area contributed by atoms with Crippen molar-refractivity contribution < 1.29 is 22.4 Å². The second-order valence-electron chi connectivity index (χ2n) is 3.38. The third kappa shape index (κ3) is 3.69. The van der Waals surface area contributed by atoms with Gasteiger partial charge in [0.15, 0.2) is 0 Å². The Labute approximate surface area is 103 Å². The summed E-state index contributed by atoms with van der Waals surface area (Å²) in [6.07, 6.45) is -4.48. The fourth-order valence-corrected chi connectivity index (χ4v) is 1.65. The highest BCUT2D eigenvalue weighted by Crippen LogP contribution is 2.23. The number of rotatable bonds is 2. The Morgan fingerprint density at radius 2 is 2.00 bits per heavy atom. The molecule has 0 unspecified atom stereocenters. The van der Waals surface area contributed by atoms with Crippen LogP contribution in [0.3, 0.4) is 0 Å². The quantitative estimate of drug-likeness (QED) is 0.768. The van der Waals surface area contributed by atoms with Crippen molar-refractivity contribution >= 4 is 21.8 Å². The SMILES string of the molecule is CN(CC(F)(F)F)C(=O)c1cccc(F)c1Br. The molecule has 0 fully saturated rings.